The van der Waals surface area contributed by atoms with Crippen LogP contribution in [0.3, 0.4) is 0 Å². The predicted octanol–water partition coefficient (Wildman–Crippen LogP) is 4.71. The van der Waals surface area contributed by atoms with Gasteiger partial charge in [-0.05, 0) is 30.2 Å². The number of rotatable bonds is 9. The third kappa shape index (κ3) is 5.86. The van der Waals surface area contributed by atoms with Gasteiger partial charge in [0.2, 0.25) is 5.91 Å². The molecule has 1 aromatic heterocycles. The zero-order valence-electron chi connectivity index (χ0n) is 18.0. The maximum Gasteiger partial charge on any atom is 0.229 e. The topological polar surface area (TPSA) is 45.7 Å². The number of hydrogen-bond donors (Lipinski definition) is 0. The van der Waals surface area contributed by atoms with Crippen LogP contribution >= 0.6 is 23.1 Å². The minimum absolute atomic E-state index is 0.147. The number of anilines is 1. The molecule has 3 aromatic rings. The molecule has 0 bridgehead atoms. The number of carbonyl (C=O) groups excluding carboxylic acids is 1. The Morgan fingerprint density at radius 3 is 2.74 bits per heavy atom. The highest BCUT2D eigenvalue weighted by atomic mass is 32.2. The summed E-state index contributed by atoms with van der Waals surface area (Å²) in [5.74, 6) is 0.913. The first-order valence-electron chi connectivity index (χ1n) is 10.9. The van der Waals surface area contributed by atoms with Gasteiger partial charge in [0, 0.05) is 43.2 Å². The van der Waals surface area contributed by atoms with E-state index in [0.717, 1.165) is 60.4 Å². The number of thiazole rings is 1. The largest absolute Gasteiger partial charge is 0.379 e. The van der Waals surface area contributed by atoms with Crippen molar-refractivity contribution in [3.05, 3.63) is 54.1 Å². The van der Waals surface area contributed by atoms with Crippen molar-refractivity contribution in [1.82, 2.24) is 9.88 Å². The quantitative estimate of drug-likeness (QED) is 0.438. The summed E-state index contributed by atoms with van der Waals surface area (Å²) in [5, 5.41) is 0.818. The van der Waals surface area contributed by atoms with E-state index < -0.39 is 0 Å². The molecule has 5 nitrogen and oxygen atoms in total. The molecule has 31 heavy (non-hydrogen) atoms. The van der Waals surface area contributed by atoms with E-state index in [1.54, 1.807) is 23.1 Å². The molecular formula is C24H29N3O2S2. The summed E-state index contributed by atoms with van der Waals surface area (Å²) in [6.45, 7) is 7.03. The number of aromatic nitrogens is 1. The third-order valence-corrected chi connectivity index (χ3v) is 7.53. The number of nitrogens with zero attached hydrogens (tertiary/aromatic N) is 3. The summed E-state index contributed by atoms with van der Waals surface area (Å²) < 4.78 is 6.61. The molecule has 1 amide bonds. The summed E-state index contributed by atoms with van der Waals surface area (Å²) in [4.78, 5) is 23.7. The van der Waals surface area contributed by atoms with Gasteiger partial charge in [-0.1, -0.05) is 48.6 Å². The summed E-state index contributed by atoms with van der Waals surface area (Å²) in [6, 6.07) is 16.6. The van der Waals surface area contributed by atoms with Gasteiger partial charge in [0.15, 0.2) is 5.13 Å². The summed E-state index contributed by atoms with van der Waals surface area (Å²) >= 11 is 3.35. The number of hydrogen-bond acceptors (Lipinski definition) is 6. The van der Waals surface area contributed by atoms with Crippen LogP contribution in [0.25, 0.3) is 10.2 Å². The Balaban J connectivity index is 1.48. The van der Waals surface area contributed by atoms with Gasteiger partial charge in [-0.3, -0.25) is 14.6 Å². The zero-order chi connectivity index (χ0) is 21.5. The number of para-hydroxylation sites is 1. The van der Waals surface area contributed by atoms with Crippen LogP contribution in [0.2, 0.25) is 0 Å². The number of carbonyl (C=O) groups is 1. The molecule has 0 radical (unpaired) electrons. The Morgan fingerprint density at radius 2 is 1.97 bits per heavy atom. The summed E-state index contributed by atoms with van der Waals surface area (Å²) in [6.07, 6.45) is 1.44. The highest BCUT2D eigenvalue weighted by Gasteiger charge is 2.22. The first kappa shape index (κ1) is 22.3. The normalized spacial score (nSPS) is 14.7. The van der Waals surface area contributed by atoms with Gasteiger partial charge >= 0.3 is 0 Å². The molecule has 0 aliphatic carbocycles. The number of morpholine rings is 1. The Bertz CT molecular complexity index is 987. The number of amides is 1. The van der Waals surface area contributed by atoms with Crippen molar-refractivity contribution in [2.45, 2.75) is 24.7 Å². The number of thioether (sulfide) groups is 1. The fourth-order valence-electron chi connectivity index (χ4n) is 3.70. The Morgan fingerprint density at radius 1 is 1.16 bits per heavy atom. The van der Waals surface area contributed by atoms with Crippen molar-refractivity contribution in [3.63, 3.8) is 0 Å². The van der Waals surface area contributed by atoms with E-state index in [2.05, 4.69) is 42.2 Å². The molecule has 1 aliphatic heterocycles. The van der Waals surface area contributed by atoms with Gasteiger partial charge in [-0.15, -0.1) is 11.8 Å². The van der Waals surface area contributed by atoms with Gasteiger partial charge in [-0.25, -0.2) is 4.98 Å². The van der Waals surface area contributed by atoms with Crippen molar-refractivity contribution in [2.75, 3.05) is 50.0 Å². The number of fused-ring (bicyclic) bond motifs is 1. The van der Waals surface area contributed by atoms with E-state index in [-0.39, 0.29) is 5.91 Å². The molecule has 2 heterocycles. The molecule has 0 saturated carbocycles. The van der Waals surface area contributed by atoms with Crippen molar-refractivity contribution in [1.29, 1.82) is 0 Å². The molecule has 2 aromatic carbocycles. The van der Waals surface area contributed by atoms with Gasteiger partial charge in [-0.2, -0.15) is 0 Å². The van der Waals surface area contributed by atoms with Gasteiger partial charge in [0.1, 0.15) is 0 Å². The average molecular weight is 456 g/mol. The smallest absolute Gasteiger partial charge is 0.229 e. The minimum atomic E-state index is 0.147. The van der Waals surface area contributed by atoms with Crippen molar-refractivity contribution in [3.8, 4) is 0 Å². The molecule has 164 valence electrons. The molecule has 0 N–H and O–H groups in total. The highest BCUT2D eigenvalue weighted by molar-refractivity contribution is 7.99. The van der Waals surface area contributed by atoms with Crippen molar-refractivity contribution in [2.24, 2.45) is 0 Å². The fourth-order valence-corrected chi connectivity index (χ4v) is 5.61. The second-order valence-corrected chi connectivity index (χ2v) is 9.70. The lowest BCUT2D eigenvalue weighted by Crippen LogP contribution is -2.43. The van der Waals surface area contributed by atoms with Crippen LogP contribution in [0, 0.1) is 0 Å². The van der Waals surface area contributed by atoms with E-state index in [1.807, 2.05) is 23.1 Å². The van der Waals surface area contributed by atoms with Gasteiger partial charge < -0.3 is 4.74 Å². The van der Waals surface area contributed by atoms with Crippen LogP contribution in [0.5, 0.6) is 0 Å². The van der Waals surface area contributed by atoms with Crippen LogP contribution in [0.1, 0.15) is 18.9 Å². The second kappa shape index (κ2) is 11.1. The average Bonchev–Trinajstić information content (AvgIpc) is 3.24. The van der Waals surface area contributed by atoms with Crippen LogP contribution in [-0.2, 0) is 16.0 Å². The highest BCUT2D eigenvalue weighted by Crippen LogP contribution is 2.31. The molecule has 0 spiro atoms. The van der Waals surface area contributed by atoms with E-state index in [9.17, 15) is 4.79 Å². The summed E-state index contributed by atoms with van der Waals surface area (Å²) in [7, 11) is 0. The van der Waals surface area contributed by atoms with E-state index in [4.69, 9.17) is 9.72 Å². The van der Waals surface area contributed by atoms with Gasteiger partial charge in [0.25, 0.3) is 0 Å². The monoisotopic (exact) mass is 455 g/mol. The second-order valence-electron chi connectivity index (χ2n) is 7.52. The maximum atomic E-state index is 13.3. The maximum absolute atomic E-state index is 13.3. The van der Waals surface area contributed by atoms with Crippen LogP contribution < -0.4 is 4.90 Å². The molecule has 1 aliphatic rings. The van der Waals surface area contributed by atoms with E-state index in [0.29, 0.717) is 13.0 Å². The third-order valence-electron chi connectivity index (χ3n) is 5.48. The molecule has 4 rings (SSSR count). The van der Waals surface area contributed by atoms with E-state index in [1.165, 1.54) is 10.5 Å². The Labute approximate surface area is 192 Å². The number of benzene rings is 2. The SMILES string of the molecule is CCc1cccc2sc(N(CCN3CCOCC3)C(=O)CCSc3ccccc3)nc12. The Kier molecular flexibility index (Phi) is 7.97. The number of ether oxygens (including phenoxy) is 1. The van der Waals surface area contributed by atoms with Gasteiger partial charge in [0.05, 0.1) is 23.4 Å². The molecular weight excluding hydrogens is 426 g/mol. The lowest BCUT2D eigenvalue weighted by molar-refractivity contribution is -0.118. The van der Waals surface area contributed by atoms with Crippen LogP contribution in [-0.4, -0.2) is 60.9 Å². The van der Waals surface area contributed by atoms with Crippen LogP contribution in [0.4, 0.5) is 5.13 Å². The minimum Gasteiger partial charge on any atom is -0.379 e. The van der Waals surface area contributed by atoms with Crippen molar-refractivity contribution < 1.29 is 9.53 Å². The molecule has 0 atom stereocenters. The molecule has 0 unspecified atom stereocenters. The lowest BCUT2D eigenvalue weighted by atomic mass is 10.1. The first-order valence-corrected chi connectivity index (χ1v) is 12.7. The predicted molar refractivity (Wildman–Crippen MR) is 130 cm³/mol. The number of aryl methyl sites for hydroxylation is 1. The van der Waals surface area contributed by atoms with E-state index >= 15 is 0 Å². The summed E-state index contributed by atoms with van der Waals surface area (Å²) in [5.41, 5.74) is 2.27. The molecule has 7 heteroatoms. The standard InChI is InChI=1S/C24H29N3O2S2/c1-2-19-7-6-10-21-23(19)25-24(31-21)27(13-12-26-14-16-29-17-15-26)22(28)11-18-30-20-8-4-3-5-9-20/h3-10H,2,11-18H2,1H3. The lowest BCUT2D eigenvalue weighted by Gasteiger charge is -2.29. The van der Waals surface area contributed by atoms with Crippen LogP contribution in [0.15, 0.2) is 53.4 Å². The van der Waals surface area contributed by atoms with Crippen molar-refractivity contribution >= 4 is 44.4 Å². The fraction of sp³-hybridized carbons (Fsp3) is 0.417. The zero-order valence-corrected chi connectivity index (χ0v) is 19.6. The first-order chi connectivity index (χ1) is 15.2. The molecule has 1 saturated heterocycles. The Hall–Kier alpha value is -1.93. The molecule has 1 fully saturated rings.